The van der Waals surface area contributed by atoms with Gasteiger partial charge in [-0.1, -0.05) is 23.7 Å². The summed E-state index contributed by atoms with van der Waals surface area (Å²) >= 11 is 5.88. The highest BCUT2D eigenvalue weighted by atomic mass is 35.5. The zero-order valence-corrected chi connectivity index (χ0v) is 15.8. The number of benzene rings is 2. The first-order valence-corrected chi connectivity index (χ1v) is 8.68. The number of aromatic nitrogens is 2. The number of ether oxygens (including phenoxy) is 2. The van der Waals surface area contributed by atoms with Crippen molar-refractivity contribution in [1.82, 2.24) is 15.4 Å². The second kappa shape index (κ2) is 9.48. The standard InChI is InChI=1S/C20H17ClN4O3/c1-27-19-10-15(11-24-25-20(26)17-12-22-8-9-23-17)4-7-18(19)28-13-14-2-5-16(21)6-3-14/h2-12H,13H2,1H3,(H,25,26)/b24-11+. The van der Waals surface area contributed by atoms with E-state index in [9.17, 15) is 4.79 Å². The van der Waals surface area contributed by atoms with Crippen molar-refractivity contribution in [2.24, 2.45) is 5.10 Å². The van der Waals surface area contributed by atoms with Crippen LogP contribution in [0.25, 0.3) is 0 Å². The summed E-state index contributed by atoms with van der Waals surface area (Å²) in [6, 6.07) is 12.8. The molecule has 8 heteroatoms. The molecule has 0 atom stereocenters. The van der Waals surface area contributed by atoms with Crippen molar-refractivity contribution in [2.45, 2.75) is 6.61 Å². The first kappa shape index (κ1) is 19.3. The molecule has 3 rings (SSSR count). The van der Waals surface area contributed by atoms with Crippen LogP contribution < -0.4 is 14.9 Å². The number of halogens is 1. The van der Waals surface area contributed by atoms with Crippen molar-refractivity contribution in [3.8, 4) is 11.5 Å². The van der Waals surface area contributed by atoms with Gasteiger partial charge < -0.3 is 9.47 Å². The zero-order valence-electron chi connectivity index (χ0n) is 15.0. The van der Waals surface area contributed by atoms with Crippen LogP contribution in [0, 0.1) is 0 Å². The average molecular weight is 397 g/mol. The summed E-state index contributed by atoms with van der Waals surface area (Å²) in [7, 11) is 1.56. The Morgan fingerprint density at radius 1 is 1.18 bits per heavy atom. The second-order valence-electron chi connectivity index (χ2n) is 5.62. The lowest BCUT2D eigenvalue weighted by atomic mass is 10.2. The van der Waals surface area contributed by atoms with Gasteiger partial charge in [-0.25, -0.2) is 10.4 Å². The molecule has 1 heterocycles. The van der Waals surface area contributed by atoms with E-state index in [1.54, 1.807) is 25.3 Å². The van der Waals surface area contributed by atoms with E-state index in [1.165, 1.54) is 24.8 Å². The van der Waals surface area contributed by atoms with E-state index >= 15 is 0 Å². The molecule has 0 saturated carbocycles. The molecule has 0 saturated heterocycles. The highest BCUT2D eigenvalue weighted by molar-refractivity contribution is 6.30. The van der Waals surface area contributed by atoms with E-state index in [-0.39, 0.29) is 5.69 Å². The fourth-order valence-corrected chi connectivity index (χ4v) is 2.39. The summed E-state index contributed by atoms with van der Waals surface area (Å²) in [5.74, 6) is 0.704. The van der Waals surface area contributed by atoms with Crippen molar-refractivity contribution in [3.63, 3.8) is 0 Å². The lowest BCUT2D eigenvalue weighted by Gasteiger charge is -2.11. The third-order valence-corrected chi connectivity index (χ3v) is 3.92. The number of nitrogens with zero attached hydrogens (tertiary/aromatic N) is 3. The summed E-state index contributed by atoms with van der Waals surface area (Å²) in [4.78, 5) is 19.6. The van der Waals surface area contributed by atoms with Gasteiger partial charge in [0.15, 0.2) is 11.5 Å². The molecule has 0 aliphatic rings. The van der Waals surface area contributed by atoms with Gasteiger partial charge in [-0.3, -0.25) is 9.78 Å². The Kier molecular flexibility index (Phi) is 6.54. The normalized spacial score (nSPS) is 10.6. The maximum absolute atomic E-state index is 11.9. The maximum atomic E-state index is 11.9. The van der Waals surface area contributed by atoms with Crippen LogP contribution in [0.1, 0.15) is 21.6 Å². The van der Waals surface area contributed by atoms with Gasteiger partial charge in [0.1, 0.15) is 12.3 Å². The number of methoxy groups -OCH3 is 1. The van der Waals surface area contributed by atoms with Gasteiger partial charge in [0.25, 0.3) is 5.91 Å². The van der Waals surface area contributed by atoms with Crippen molar-refractivity contribution in [3.05, 3.63) is 82.9 Å². The van der Waals surface area contributed by atoms with Crippen LogP contribution in [0.15, 0.2) is 66.2 Å². The first-order valence-electron chi connectivity index (χ1n) is 8.30. The van der Waals surface area contributed by atoms with E-state index in [2.05, 4.69) is 20.5 Å². The number of hydrogen-bond acceptors (Lipinski definition) is 6. The number of hydrazone groups is 1. The molecule has 1 N–H and O–H groups in total. The molecule has 28 heavy (non-hydrogen) atoms. The molecule has 2 aromatic carbocycles. The highest BCUT2D eigenvalue weighted by Crippen LogP contribution is 2.28. The molecule has 0 unspecified atom stereocenters. The van der Waals surface area contributed by atoms with Gasteiger partial charge in [0, 0.05) is 17.4 Å². The molecular weight excluding hydrogens is 380 g/mol. The molecule has 0 fully saturated rings. The molecule has 0 bridgehead atoms. The van der Waals surface area contributed by atoms with Crippen LogP contribution in [0.4, 0.5) is 0 Å². The summed E-state index contributed by atoms with van der Waals surface area (Å²) in [5.41, 5.74) is 4.30. The highest BCUT2D eigenvalue weighted by Gasteiger charge is 2.07. The Morgan fingerprint density at radius 2 is 2.00 bits per heavy atom. The van der Waals surface area contributed by atoms with Crippen molar-refractivity contribution < 1.29 is 14.3 Å². The molecule has 0 aliphatic heterocycles. The number of carbonyl (C=O) groups excluding carboxylic acids is 1. The molecule has 3 aromatic rings. The minimum atomic E-state index is -0.445. The number of amides is 1. The molecule has 0 spiro atoms. The fraction of sp³-hybridized carbons (Fsp3) is 0.100. The van der Waals surface area contributed by atoms with Crippen LogP contribution in [0.3, 0.4) is 0 Å². The zero-order chi connectivity index (χ0) is 19.8. The second-order valence-corrected chi connectivity index (χ2v) is 6.05. The Morgan fingerprint density at radius 3 is 2.71 bits per heavy atom. The minimum Gasteiger partial charge on any atom is -0.493 e. The predicted octanol–water partition coefficient (Wildman–Crippen LogP) is 3.48. The fourth-order valence-electron chi connectivity index (χ4n) is 2.26. The van der Waals surface area contributed by atoms with Crippen LogP contribution in [0.2, 0.25) is 5.02 Å². The number of hydrogen-bond donors (Lipinski definition) is 1. The quantitative estimate of drug-likeness (QED) is 0.488. The molecular formula is C20H17ClN4O3. The molecule has 0 radical (unpaired) electrons. The predicted molar refractivity (Wildman–Crippen MR) is 106 cm³/mol. The molecule has 0 aliphatic carbocycles. The topological polar surface area (TPSA) is 85.7 Å². The van der Waals surface area contributed by atoms with Gasteiger partial charge in [-0.2, -0.15) is 5.10 Å². The first-order chi connectivity index (χ1) is 13.7. The number of carbonyl (C=O) groups is 1. The van der Waals surface area contributed by atoms with Gasteiger partial charge in [-0.05, 0) is 41.5 Å². The lowest BCUT2D eigenvalue weighted by molar-refractivity contribution is 0.0949. The van der Waals surface area contributed by atoms with Crippen LogP contribution in [-0.4, -0.2) is 29.2 Å². The molecule has 142 valence electrons. The SMILES string of the molecule is COc1cc(/C=N/NC(=O)c2cnccn2)ccc1OCc1ccc(Cl)cc1. The van der Waals surface area contributed by atoms with Gasteiger partial charge >= 0.3 is 0 Å². The third-order valence-electron chi connectivity index (χ3n) is 3.67. The summed E-state index contributed by atoms with van der Waals surface area (Å²) < 4.78 is 11.2. The summed E-state index contributed by atoms with van der Waals surface area (Å²) in [5, 5.41) is 4.60. The van der Waals surface area contributed by atoms with Gasteiger partial charge in [0.05, 0.1) is 19.5 Å². The maximum Gasteiger partial charge on any atom is 0.291 e. The smallest absolute Gasteiger partial charge is 0.291 e. The van der Waals surface area contributed by atoms with Gasteiger partial charge in [-0.15, -0.1) is 0 Å². The minimum absolute atomic E-state index is 0.183. The van der Waals surface area contributed by atoms with Gasteiger partial charge in [0.2, 0.25) is 0 Å². The van der Waals surface area contributed by atoms with E-state index in [1.807, 2.05) is 24.3 Å². The van der Waals surface area contributed by atoms with E-state index in [0.717, 1.165) is 11.1 Å². The lowest BCUT2D eigenvalue weighted by Crippen LogP contribution is -2.19. The number of nitrogens with one attached hydrogen (secondary N) is 1. The van der Waals surface area contributed by atoms with Crippen molar-refractivity contribution >= 4 is 23.7 Å². The van der Waals surface area contributed by atoms with Crippen molar-refractivity contribution in [1.29, 1.82) is 0 Å². The molecule has 1 amide bonds. The molecule has 7 nitrogen and oxygen atoms in total. The van der Waals surface area contributed by atoms with E-state index < -0.39 is 5.91 Å². The van der Waals surface area contributed by atoms with Crippen LogP contribution in [-0.2, 0) is 6.61 Å². The van der Waals surface area contributed by atoms with Crippen molar-refractivity contribution in [2.75, 3.05) is 7.11 Å². The Labute approximate surface area is 167 Å². The Balaban J connectivity index is 1.62. The molecule has 1 aromatic heterocycles. The summed E-state index contributed by atoms with van der Waals surface area (Å²) in [6.07, 6.45) is 5.79. The monoisotopic (exact) mass is 396 g/mol. The van der Waals surface area contributed by atoms with E-state index in [0.29, 0.717) is 23.1 Å². The largest absolute Gasteiger partial charge is 0.493 e. The third kappa shape index (κ3) is 5.28. The van der Waals surface area contributed by atoms with Crippen LogP contribution >= 0.6 is 11.6 Å². The van der Waals surface area contributed by atoms with Crippen LogP contribution in [0.5, 0.6) is 11.5 Å². The Bertz CT molecular complexity index is 963. The van der Waals surface area contributed by atoms with E-state index in [4.69, 9.17) is 21.1 Å². The Hall–Kier alpha value is -3.45. The average Bonchev–Trinajstić information content (AvgIpc) is 2.74. The number of rotatable bonds is 7. The summed E-state index contributed by atoms with van der Waals surface area (Å²) in [6.45, 7) is 0.384.